The average molecular weight is 369 g/mol. The van der Waals surface area contributed by atoms with E-state index in [0.29, 0.717) is 6.54 Å². The van der Waals surface area contributed by atoms with E-state index in [1.165, 1.54) is 4.90 Å². The first-order valence-corrected chi connectivity index (χ1v) is 8.75. The van der Waals surface area contributed by atoms with Crippen LogP contribution in [0.4, 0.5) is 16.3 Å². The van der Waals surface area contributed by atoms with Crippen LogP contribution in [-0.4, -0.2) is 49.5 Å². The second-order valence-corrected chi connectivity index (χ2v) is 6.75. The molecule has 0 bridgehead atoms. The number of aromatic nitrogens is 1. The quantitative estimate of drug-likeness (QED) is 0.820. The van der Waals surface area contributed by atoms with Crippen molar-refractivity contribution < 1.29 is 9.59 Å². The van der Waals surface area contributed by atoms with E-state index in [9.17, 15) is 9.59 Å². The molecule has 0 fully saturated rings. The molecule has 27 heavy (non-hydrogen) atoms. The highest BCUT2D eigenvalue weighted by atomic mass is 16.2. The van der Waals surface area contributed by atoms with E-state index in [0.717, 1.165) is 28.2 Å². The number of anilines is 2. The van der Waals surface area contributed by atoms with Crippen molar-refractivity contribution in [2.24, 2.45) is 0 Å². The standard InChI is InChI=1S/C20H27N5O2/c1-14-7-6-8-15(2)19(14)23-18(26)13-25(5)20(27)22-12-16-9-10-17(21-11-16)24(3)4/h6-11H,12-13H2,1-5H3,(H,22,27)(H,23,26). The zero-order chi connectivity index (χ0) is 20.0. The summed E-state index contributed by atoms with van der Waals surface area (Å²) in [6.45, 7) is 4.20. The van der Waals surface area contributed by atoms with E-state index in [1.807, 2.05) is 63.2 Å². The van der Waals surface area contributed by atoms with Crippen LogP contribution in [0.5, 0.6) is 0 Å². The Morgan fingerprint density at radius 1 is 1.04 bits per heavy atom. The van der Waals surface area contributed by atoms with Gasteiger partial charge in [0.05, 0.1) is 0 Å². The van der Waals surface area contributed by atoms with Crippen molar-refractivity contribution in [1.82, 2.24) is 15.2 Å². The Labute approximate surface area is 160 Å². The summed E-state index contributed by atoms with van der Waals surface area (Å²) in [4.78, 5) is 32.0. The summed E-state index contributed by atoms with van der Waals surface area (Å²) in [5.41, 5.74) is 3.67. The zero-order valence-electron chi connectivity index (χ0n) is 16.5. The largest absolute Gasteiger partial charge is 0.363 e. The minimum atomic E-state index is -0.316. The van der Waals surface area contributed by atoms with Crippen LogP contribution >= 0.6 is 0 Å². The topological polar surface area (TPSA) is 77.6 Å². The number of rotatable bonds is 6. The second-order valence-electron chi connectivity index (χ2n) is 6.75. The molecular weight excluding hydrogens is 342 g/mol. The van der Waals surface area contributed by atoms with Crippen LogP contribution in [0.2, 0.25) is 0 Å². The van der Waals surface area contributed by atoms with Gasteiger partial charge in [0, 0.05) is 39.6 Å². The van der Waals surface area contributed by atoms with Gasteiger partial charge < -0.3 is 20.4 Å². The molecule has 0 spiro atoms. The molecule has 3 amide bonds. The molecule has 0 aliphatic heterocycles. The molecule has 2 rings (SSSR count). The van der Waals surface area contributed by atoms with Gasteiger partial charge in [-0.2, -0.15) is 0 Å². The zero-order valence-corrected chi connectivity index (χ0v) is 16.5. The Bertz CT molecular complexity index is 782. The Morgan fingerprint density at radius 3 is 2.26 bits per heavy atom. The average Bonchev–Trinajstić information content (AvgIpc) is 2.63. The highest BCUT2D eigenvalue weighted by molar-refractivity contribution is 5.95. The molecule has 0 saturated heterocycles. The predicted octanol–water partition coefficient (Wildman–Crippen LogP) is 2.54. The van der Waals surface area contributed by atoms with Crippen molar-refractivity contribution in [2.75, 3.05) is 37.9 Å². The second kappa shape index (κ2) is 9.02. The molecule has 2 aromatic rings. The first kappa shape index (κ1) is 20.2. The fourth-order valence-electron chi connectivity index (χ4n) is 2.58. The van der Waals surface area contributed by atoms with Crippen LogP contribution < -0.4 is 15.5 Å². The number of pyridine rings is 1. The summed E-state index contributed by atoms with van der Waals surface area (Å²) < 4.78 is 0. The molecule has 7 heteroatoms. The number of nitrogens with zero attached hydrogens (tertiary/aromatic N) is 3. The van der Waals surface area contributed by atoms with Gasteiger partial charge in [-0.05, 0) is 36.6 Å². The third-order valence-electron chi connectivity index (χ3n) is 4.18. The maximum atomic E-state index is 12.3. The molecule has 0 atom stereocenters. The number of benzene rings is 1. The van der Waals surface area contributed by atoms with Gasteiger partial charge in [-0.1, -0.05) is 24.3 Å². The van der Waals surface area contributed by atoms with Crippen LogP contribution in [-0.2, 0) is 11.3 Å². The van der Waals surface area contributed by atoms with Crippen LogP contribution in [0, 0.1) is 13.8 Å². The van der Waals surface area contributed by atoms with Crippen LogP contribution in [0.3, 0.4) is 0 Å². The van der Waals surface area contributed by atoms with Crippen molar-refractivity contribution in [2.45, 2.75) is 20.4 Å². The monoisotopic (exact) mass is 369 g/mol. The van der Waals surface area contributed by atoms with Crippen molar-refractivity contribution in [3.8, 4) is 0 Å². The summed E-state index contributed by atoms with van der Waals surface area (Å²) in [6, 6.07) is 9.31. The maximum absolute atomic E-state index is 12.3. The lowest BCUT2D eigenvalue weighted by Crippen LogP contribution is -2.41. The minimum absolute atomic E-state index is 0.0303. The smallest absolute Gasteiger partial charge is 0.317 e. The number of amides is 3. The van der Waals surface area contributed by atoms with E-state index in [2.05, 4.69) is 15.6 Å². The van der Waals surface area contributed by atoms with Gasteiger partial charge >= 0.3 is 6.03 Å². The summed E-state index contributed by atoms with van der Waals surface area (Å²) in [5.74, 6) is 0.618. The Morgan fingerprint density at radius 2 is 1.70 bits per heavy atom. The van der Waals surface area contributed by atoms with Crippen molar-refractivity contribution >= 4 is 23.4 Å². The van der Waals surface area contributed by atoms with Gasteiger partial charge in [0.2, 0.25) is 5.91 Å². The normalized spacial score (nSPS) is 10.3. The molecule has 1 heterocycles. The lowest BCUT2D eigenvalue weighted by molar-refractivity contribution is -0.116. The molecule has 0 aliphatic carbocycles. The van der Waals surface area contributed by atoms with E-state index in [1.54, 1.807) is 13.2 Å². The fourth-order valence-corrected chi connectivity index (χ4v) is 2.58. The molecule has 0 unspecified atom stereocenters. The van der Waals surface area contributed by atoms with E-state index in [-0.39, 0.29) is 18.5 Å². The molecular formula is C20H27N5O2. The number of urea groups is 1. The maximum Gasteiger partial charge on any atom is 0.317 e. The van der Waals surface area contributed by atoms with Crippen molar-refractivity contribution in [3.63, 3.8) is 0 Å². The molecule has 0 saturated carbocycles. The lowest BCUT2D eigenvalue weighted by Gasteiger charge is -2.19. The van der Waals surface area contributed by atoms with E-state index >= 15 is 0 Å². The summed E-state index contributed by atoms with van der Waals surface area (Å²) in [6.07, 6.45) is 1.73. The van der Waals surface area contributed by atoms with Crippen LogP contribution in [0.1, 0.15) is 16.7 Å². The number of para-hydroxylation sites is 1. The molecule has 7 nitrogen and oxygen atoms in total. The summed E-state index contributed by atoms with van der Waals surface area (Å²) in [5, 5.41) is 5.67. The molecule has 1 aromatic heterocycles. The first-order valence-electron chi connectivity index (χ1n) is 8.75. The molecule has 0 radical (unpaired) electrons. The Kier molecular flexibility index (Phi) is 6.76. The van der Waals surface area contributed by atoms with Gasteiger partial charge in [0.25, 0.3) is 0 Å². The van der Waals surface area contributed by atoms with Gasteiger partial charge in [-0.25, -0.2) is 9.78 Å². The number of hydrogen-bond acceptors (Lipinski definition) is 4. The van der Waals surface area contributed by atoms with Crippen molar-refractivity contribution in [3.05, 3.63) is 53.2 Å². The SMILES string of the molecule is Cc1cccc(C)c1NC(=O)CN(C)C(=O)NCc1ccc(N(C)C)nc1. The number of carbonyl (C=O) groups excluding carboxylic acids is 2. The van der Waals surface area contributed by atoms with E-state index in [4.69, 9.17) is 0 Å². The number of carbonyl (C=O) groups is 2. The molecule has 0 aliphatic rings. The van der Waals surface area contributed by atoms with Gasteiger partial charge in [-0.3, -0.25) is 4.79 Å². The van der Waals surface area contributed by atoms with Gasteiger partial charge in [0.15, 0.2) is 0 Å². The van der Waals surface area contributed by atoms with Gasteiger partial charge in [-0.15, -0.1) is 0 Å². The predicted molar refractivity (Wildman–Crippen MR) is 108 cm³/mol. The lowest BCUT2D eigenvalue weighted by atomic mass is 10.1. The highest BCUT2D eigenvalue weighted by Gasteiger charge is 2.14. The molecule has 2 N–H and O–H groups in total. The first-order chi connectivity index (χ1) is 12.8. The third-order valence-corrected chi connectivity index (χ3v) is 4.18. The van der Waals surface area contributed by atoms with Crippen molar-refractivity contribution in [1.29, 1.82) is 0 Å². The minimum Gasteiger partial charge on any atom is -0.363 e. The van der Waals surface area contributed by atoms with Crippen LogP contribution in [0.15, 0.2) is 36.5 Å². The molecule has 144 valence electrons. The van der Waals surface area contributed by atoms with Crippen LogP contribution in [0.25, 0.3) is 0 Å². The third kappa shape index (κ3) is 5.70. The summed E-state index contributed by atoms with van der Waals surface area (Å²) in [7, 11) is 5.43. The Hall–Kier alpha value is -3.09. The number of hydrogen-bond donors (Lipinski definition) is 2. The van der Waals surface area contributed by atoms with Gasteiger partial charge in [0.1, 0.15) is 12.4 Å². The van der Waals surface area contributed by atoms with E-state index < -0.39 is 0 Å². The summed E-state index contributed by atoms with van der Waals surface area (Å²) >= 11 is 0. The Balaban J connectivity index is 1.85. The highest BCUT2D eigenvalue weighted by Crippen LogP contribution is 2.19. The number of aryl methyl sites for hydroxylation is 2. The number of likely N-dealkylation sites (N-methyl/N-ethyl adjacent to an activating group) is 1. The number of nitrogens with one attached hydrogen (secondary N) is 2. The fraction of sp³-hybridized carbons (Fsp3) is 0.350. The molecule has 1 aromatic carbocycles.